The molecule has 0 unspecified atom stereocenters. The monoisotopic (exact) mass is 318 g/mol. The lowest BCUT2D eigenvalue weighted by molar-refractivity contribution is 0.339. The van der Waals surface area contributed by atoms with Crippen LogP contribution in [0.4, 0.5) is 0 Å². The van der Waals surface area contributed by atoms with Crippen LogP contribution in [-0.2, 0) is 0 Å². The van der Waals surface area contributed by atoms with Gasteiger partial charge in [-0.15, -0.1) is 0 Å². The molecule has 0 aromatic heterocycles. The van der Waals surface area contributed by atoms with Gasteiger partial charge < -0.3 is 19.7 Å². The molecule has 2 N–H and O–H groups in total. The summed E-state index contributed by atoms with van der Waals surface area (Å²) in [6, 6.07) is 3.41. The fraction of sp³-hybridized carbons (Fsp3) is 0.474. The summed E-state index contributed by atoms with van der Waals surface area (Å²) in [5.74, 6) is 6.95. The molecule has 0 heterocycles. The number of phenols is 1. The van der Waals surface area contributed by atoms with Gasteiger partial charge in [-0.1, -0.05) is 36.8 Å². The predicted molar refractivity (Wildman–Crippen MR) is 92.0 cm³/mol. The van der Waals surface area contributed by atoms with Crippen molar-refractivity contribution in [1.29, 1.82) is 0 Å². The molecule has 0 atom stereocenters. The Hall–Kier alpha value is -2.12. The van der Waals surface area contributed by atoms with Crippen LogP contribution in [-0.4, -0.2) is 31.0 Å². The van der Waals surface area contributed by atoms with E-state index < -0.39 is 0 Å². The molecule has 0 spiro atoms. The first-order valence-electron chi connectivity index (χ1n) is 7.92. The molecule has 1 aromatic carbocycles. The third-order valence-electron chi connectivity index (χ3n) is 3.41. The number of methoxy groups -OCH3 is 2. The summed E-state index contributed by atoms with van der Waals surface area (Å²) in [6.45, 7) is 0.127. The summed E-state index contributed by atoms with van der Waals surface area (Å²) in [7, 11) is 3.00. The first-order valence-corrected chi connectivity index (χ1v) is 7.92. The molecule has 126 valence electrons. The van der Waals surface area contributed by atoms with Gasteiger partial charge in [0.15, 0.2) is 11.5 Å². The van der Waals surface area contributed by atoms with Gasteiger partial charge in [-0.05, 0) is 31.4 Å². The van der Waals surface area contributed by atoms with Gasteiger partial charge in [0.05, 0.1) is 20.8 Å². The summed E-state index contributed by atoms with van der Waals surface area (Å²) in [4.78, 5) is 0. The molecule has 23 heavy (non-hydrogen) atoms. The fourth-order valence-electron chi connectivity index (χ4n) is 2.15. The second-order valence-corrected chi connectivity index (χ2v) is 5.14. The standard InChI is InChI=1S/C19H26O4/c1-22-17-14-16(15-18(23-2)19(17)21)12-10-8-6-4-3-5-7-9-11-13-20/h9,11,14-15,20-21H,3-8,13H2,1-2H3. The normalized spacial score (nSPS) is 10.4. The van der Waals surface area contributed by atoms with E-state index in [2.05, 4.69) is 11.8 Å². The Balaban J connectivity index is 2.38. The number of benzene rings is 1. The number of rotatable bonds is 9. The number of hydrogen-bond acceptors (Lipinski definition) is 4. The van der Waals surface area contributed by atoms with E-state index >= 15 is 0 Å². The third-order valence-corrected chi connectivity index (χ3v) is 3.41. The minimum absolute atomic E-state index is 0.00389. The quantitative estimate of drug-likeness (QED) is 0.414. The molecule has 0 radical (unpaired) electrons. The molecule has 4 nitrogen and oxygen atoms in total. The Morgan fingerprint density at radius 1 is 1.00 bits per heavy atom. The van der Waals surface area contributed by atoms with E-state index in [1.807, 2.05) is 6.08 Å². The van der Waals surface area contributed by atoms with Gasteiger partial charge in [-0.2, -0.15) is 0 Å². The Bertz CT molecular complexity index is 527. The van der Waals surface area contributed by atoms with Crippen LogP contribution in [0.2, 0.25) is 0 Å². The van der Waals surface area contributed by atoms with E-state index in [1.165, 1.54) is 20.6 Å². The molecule has 0 aliphatic carbocycles. The number of allylic oxidation sites excluding steroid dienone is 1. The molecule has 0 saturated heterocycles. The summed E-state index contributed by atoms with van der Waals surface area (Å²) in [6.07, 6.45) is 10.2. The minimum atomic E-state index is -0.00389. The van der Waals surface area contributed by atoms with Crippen molar-refractivity contribution in [2.45, 2.75) is 38.5 Å². The smallest absolute Gasteiger partial charge is 0.200 e. The SMILES string of the molecule is COc1cc(C#CCCCCCCC=CCO)cc(OC)c1O. The second kappa shape index (κ2) is 11.4. The van der Waals surface area contributed by atoms with Gasteiger partial charge >= 0.3 is 0 Å². The van der Waals surface area contributed by atoms with Crippen molar-refractivity contribution >= 4 is 0 Å². The number of hydrogen-bond donors (Lipinski definition) is 2. The summed E-state index contributed by atoms with van der Waals surface area (Å²) in [5, 5.41) is 18.5. The van der Waals surface area contributed by atoms with E-state index in [0.29, 0.717) is 11.5 Å². The average Bonchev–Trinajstić information content (AvgIpc) is 2.57. The van der Waals surface area contributed by atoms with Crippen LogP contribution in [0.3, 0.4) is 0 Å². The second-order valence-electron chi connectivity index (χ2n) is 5.14. The van der Waals surface area contributed by atoms with Gasteiger partial charge in [0.25, 0.3) is 0 Å². The van der Waals surface area contributed by atoms with Crippen LogP contribution in [0.25, 0.3) is 0 Å². The molecule has 0 aliphatic rings. The lowest BCUT2D eigenvalue weighted by Crippen LogP contribution is -1.90. The number of ether oxygens (including phenoxy) is 2. The zero-order valence-corrected chi connectivity index (χ0v) is 14.0. The Labute approximate surface area is 138 Å². The predicted octanol–water partition coefficient (Wildman–Crippen LogP) is 3.65. The largest absolute Gasteiger partial charge is 0.502 e. The summed E-state index contributed by atoms with van der Waals surface area (Å²) >= 11 is 0. The maximum atomic E-state index is 9.84. The van der Waals surface area contributed by atoms with E-state index in [0.717, 1.165) is 37.7 Å². The maximum absolute atomic E-state index is 9.84. The van der Waals surface area contributed by atoms with Crippen LogP contribution in [0, 0.1) is 11.8 Å². The maximum Gasteiger partial charge on any atom is 0.200 e. The van der Waals surface area contributed by atoms with E-state index in [-0.39, 0.29) is 12.4 Å². The van der Waals surface area contributed by atoms with E-state index in [4.69, 9.17) is 14.6 Å². The molecular weight excluding hydrogens is 292 g/mol. The van der Waals surface area contributed by atoms with Crippen LogP contribution >= 0.6 is 0 Å². The average molecular weight is 318 g/mol. The lowest BCUT2D eigenvalue weighted by atomic mass is 10.1. The number of unbranched alkanes of at least 4 members (excludes halogenated alkanes) is 5. The van der Waals surface area contributed by atoms with E-state index in [9.17, 15) is 5.11 Å². The summed E-state index contributed by atoms with van der Waals surface area (Å²) in [5.41, 5.74) is 0.769. The van der Waals surface area contributed by atoms with Crippen molar-refractivity contribution in [3.05, 3.63) is 29.8 Å². The van der Waals surface area contributed by atoms with E-state index in [1.54, 1.807) is 18.2 Å². The molecule has 0 fully saturated rings. The molecule has 4 heteroatoms. The topological polar surface area (TPSA) is 58.9 Å². The van der Waals surface area contributed by atoms with Gasteiger partial charge in [0, 0.05) is 12.0 Å². The molecule has 1 rings (SSSR count). The molecule has 0 bridgehead atoms. The van der Waals surface area contributed by atoms with Gasteiger partial charge in [-0.3, -0.25) is 0 Å². The zero-order valence-electron chi connectivity index (χ0n) is 14.0. The fourth-order valence-corrected chi connectivity index (χ4v) is 2.15. The number of aliphatic hydroxyl groups excluding tert-OH is 1. The van der Waals surface area contributed by atoms with Crippen LogP contribution < -0.4 is 9.47 Å². The Kier molecular flexibility index (Phi) is 9.42. The molecular formula is C19H26O4. The lowest BCUT2D eigenvalue weighted by Gasteiger charge is -2.08. The number of aliphatic hydroxyl groups is 1. The molecule has 0 saturated carbocycles. The summed E-state index contributed by atoms with van der Waals surface area (Å²) < 4.78 is 10.2. The van der Waals surface area contributed by atoms with Crippen molar-refractivity contribution in [1.82, 2.24) is 0 Å². The Morgan fingerprint density at radius 3 is 2.26 bits per heavy atom. The highest BCUT2D eigenvalue weighted by molar-refractivity contribution is 5.56. The van der Waals surface area contributed by atoms with Crippen LogP contribution in [0.5, 0.6) is 17.2 Å². The number of phenolic OH excluding ortho intramolecular Hbond substituents is 1. The Morgan fingerprint density at radius 2 is 1.65 bits per heavy atom. The highest BCUT2D eigenvalue weighted by Gasteiger charge is 2.09. The highest BCUT2D eigenvalue weighted by Crippen LogP contribution is 2.36. The van der Waals surface area contributed by atoms with Crippen molar-refractivity contribution in [3.63, 3.8) is 0 Å². The van der Waals surface area contributed by atoms with Crippen molar-refractivity contribution in [3.8, 4) is 29.1 Å². The highest BCUT2D eigenvalue weighted by atomic mass is 16.5. The first kappa shape index (κ1) is 18.9. The van der Waals surface area contributed by atoms with Crippen molar-refractivity contribution < 1.29 is 19.7 Å². The van der Waals surface area contributed by atoms with Gasteiger partial charge in [0.1, 0.15) is 0 Å². The molecule has 0 amide bonds. The van der Waals surface area contributed by atoms with Crippen molar-refractivity contribution in [2.75, 3.05) is 20.8 Å². The van der Waals surface area contributed by atoms with Gasteiger partial charge in [-0.25, -0.2) is 0 Å². The minimum Gasteiger partial charge on any atom is -0.502 e. The van der Waals surface area contributed by atoms with Crippen LogP contribution in [0.15, 0.2) is 24.3 Å². The number of aromatic hydroxyl groups is 1. The molecule has 1 aromatic rings. The van der Waals surface area contributed by atoms with Gasteiger partial charge in [0.2, 0.25) is 5.75 Å². The first-order chi connectivity index (χ1) is 11.2. The van der Waals surface area contributed by atoms with Crippen LogP contribution in [0.1, 0.15) is 44.1 Å². The van der Waals surface area contributed by atoms with Crippen molar-refractivity contribution in [2.24, 2.45) is 0 Å². The zero-order chi connectivity index (χ0) is 16.9. The molecule has 0 aliphatic heterocycles. The third kappa shape index (κ3) is 7.12.